The molecule has 10 heteroatoms. The Balaban J connectivity index is 1.48. The second-order valence-electron chi connectivity index (χ2n) is 6.68. The molecule has 10 nitrogen and oxygen atoms in total. The van der Waals surface area contributed by atoms with E-state index in [1.807, 2.05) is 6.07 Å². The van der Waals surface area contributed by atoms with Gasteiger partial charge >= 0.3 is 0 Å². The van der Waals surface area contributed by atoms with E-state index in [4.69, 9.17) is 10.5 Å². The fraction of sp³-hybridized carbons (Fsp3) is 0.471. The van der Waals surface area contributed by atoms with Gasteiger partial charge in [-0.2, -0.15) is 4.98 Å². The van der Waals surface area contributed by atoms with Crippen LogP contribution in [-0.4, -0.2) is 62.2 Å². The van der Waals surface area contributed by atoms with Crippen LogP contribution in [-0.2, 0) is 20.7 Å². The summed E-state index contributed by atoms with van der Waals surface area (Å²) in [5, 5.41) is 9.31. The number of carbonyl (C=O) groups excluding carboxylic acids is 2. The molecule has 3 heterocycles. The second-order valence-corrected chi connectivity index (χ2v) is 6.68. The number of aromatic nitrogens is 4. The summed E-state index contributed by atoms with van der Waals surface area (Å²) < 4.78 is 5.65. The Labute approximate surface area is 155 Å². The van der Waals surface area contributed by atoms with Gasteiger partial charge in [0.25, 0.3) is 5.91 Å². The zero-order valence-corrected chi connectivity index (χ0v) is 14.7. The SMILES string of the molecule is Nc1n[nH]c(CCNC(=O)[C@H]2OCC(=O)N(C3CC3)[C@@H]2c2cccnc2)n1. The van der Waals surface area contributed by atoms with Crippen LogP contribution in [0.4, 0.5) is 5.95 Å². The minimum absolute atomic E-state index is 0.0902. The third kappa shape index (κ3) is 3.75. The maximum Gasteiger partial charge on any atom is 0.251 e. The topological polar surface area (TPSA) is 139 Å². The summed E-state index contributed by atoms with van der Waals surface area (Å²) >= 11 is 0. The summed E-state index contributed by atoms with van der Waals surface area (Å²) in [6.07, 6.45) is 4.92. The van der Waals surface area contributed by atoms with Gasteiger partial charge in [-0.05, 0) is 24.5 Å². The number of morpholine rings is 1. The Hall–Kier alpha value is -3.01. The van der Waals surface area contributed by atoms with E-state index >= 15 is 0 Å². The number of ether oxygens (including phenoxy) is 1. The maximum absolute atomic E-state index is 12.8. The lowest BCUT2D eigenvalue weighted by Crippen LogP contribution is -2.55. The molecule has 1 saturated carbocycles. The number of nitrogens with zero attached hydrogens (tertiary/aromatic N) is 4. The zero-order chi connectivity index (χ0) is 18.8. The molecule has 0 unspecified atom stereocenters. The molecule has 0 bridgehead atoms. The highest BCUT2D eigenvalue weighted by molar-refractivity contribution is 5.86. The third-order valence-electron chi connectivity index (χ3n) is 4.70. The van der Waals surface area contributed by atoms with Crippen LogP contribution in [0.2, 0.25) is 0 Å². The largest absolute Gasteiger partial charge is 0.367 e. The van der Waals surface area contributed by atoms with Crippen LogP contribution < -0.4 is 11.1 Å². The van der Waals surface area contributed by atoms with Crippen LogP contribution in [0.15, 0.2) is 24.5 Å². The monoisotopic (exact) mass is 371 g/mol. The molecular weight excluding hydrogens is 350 g/mol. The number of H-pyrrole nitrogens is 1. The zero-order valence-electron chi connectivity index (χ0n) is 14.7. The van der Waals surface area contributed by atoms with Crippen molar-refractivity contribution >= 4 is 17.8 Å². The van der Waals surface area contributed by atoms with Crippen molar-refractivity contribution in [1.29, 1.82) is 0 Å². The first-order valence-electron chi connectivity index (χ1n) is 8.90. The predicted molar refractivity (Wildman–Crippen MR) is 94.1 cm³/mol. The van der Waals surface area contributed by atoms with Crippen molar-refractivity contribution in [3.05, 3.63) is 35.9 Å². The summed E-state index contributed by atoms with van der Waals surface area (Å²) in [4.78, 5) is 35.2. The minimum Gasteiger partial charge on any atom is -0.367 e. The number of hydrogen-bond acceptors (Lipinski definition) is 7. The molecule has 27 heavy (non-hydrogen) atoms. The lowest BCUT2D eigenvalue weighted by atomic mass is 9.98. The molecule has 2 amide bonds. The quantitative estimate of drug-likeness (QED) is 0.626. The first-order chi connectivity index (χ1) is 13.1. The second kappa shape index (κ2) is 7.31. The van der Waals surface area contributed by atoms with Gasteiger partial charge in [-0.25, -0.2) is 0 Å². The molecule has 0 radical (unpaired) electrons. The average Bonchev–Trinajstić information content (AvgIpc) is 3.43. The van der Waals surface area contributed by atoms with E-state index in [-0.39, 0.29) is 30.4 Å². The van der Waals surface area contributed by atoms with Crippen molar-refractivity contribution in [2.75, 3.05) is 18.9 Å². The molecule has 4 rings (SSSR count). The van der Waals surface area contributed by atoms with Crippen molar-refractivity contribution < 1.29 is 14.3 Å². The van der Waals surface area contributed by atoms with Gasteiger partial charge in [0.15, 0.2) is 6.10 Å². The van der Waals surface area contributed by atoms with E-state index in [0.29, 0.717) is 18.8 Å². The molecule has 0 aromatic carbocycles. The van der Waals surface area contributed by atoms with Gasteiger partial charge in [0.05, 0.1) is 6.04 Å². The Bertz CT molecular complexity index is 821. The first-order valence-corrected chi connectivity index (χ1v) is 8.90. The highest BCUT2D eigenvalue weighted by Gasteiger charge is 2.47. The van der Waals surface area contributed by atoms with Crippen molar-refractivity contribution in [3.8, 4) is 0 Å². The van der Waals surface area contributed by atoms with Gasteiger partial charge in [-0.3, -0.25) is 19.7 Å². The Morgan fingerprint density at radius 2 is 2.30 bits per heavy atom. The Kier molecular flexibility index (Phi) is 4.71. The normalized spacial score (nSPS) is 22.7. The average molecular weight is 371 g/mol. The predicted octanol–water partition coefficient (Wildman–Crippen LogP) is -0.428. The standard InChI is InChI=1S/C17H21N7O3/c18-17-21-12(22-23-17)5-7-20-16(26)15-14(10-2-1-6-19-8-10)24(11-3-4-11)13(25)9-27-15/h1-2,6,8,11,14-15H,3-5,7,9H2,(H,20,26)(H3,18,21,22,23)/t14-,15+/m1/s1. The molecule has 1 aliphatic carbocycles. The lowest BCUT2D eigenvalue weighted by Gasteiger charge is -2.40. The molecule has 142 valence electrons. The summed E-state index contributed by atoms with van der Waals surface area (Å²) in [6, 6.07) is 3.35. The molecular formula is C17H21N7O3. The molecule has 2 aromatic heterocycles. The number of nitrogen functional groups attached to an aromatic ring is 1. The first kappa shape index (κ1) is 17.4. The molecule has 2 fully saturated rings. The van der Waals surface area contributed by atoms with Crippen molar-refractivity contribution in [2.24, 2.45) is 0 Å². The van der Waals surface area contributed by atoms with E-state index in [0.717, 1.165) is 18.4 Å². The van der Waals surface area contributed by atoms with E-state index in [9.17, 15) is 9.59 Å². The summed E-state index contributed by atoms with van der Waals surface area (Å²) in [5.74, 6) is 0.403. The Morgan fingerprint density at radius 1 is 1.44 bits per heavy atom. The highest BCUT2D eigenvalue weighted by atomic mass is 16.5. The van der Waals surface area contributed by atoms with Gasteiger partial charge in [0, 0.05) is 31.4 Å². The number of pyridine rings is 1. The highest BCUT2D eigenvalue weighted by Crippen LogP contribution is 2.39. The summed E-state index contributed by atoms with van der Waals surface area (Å²) in [5.41, 5.74) is 6.26. The van der Waals surface area contributed by atoms with Crippen molar-refractivity contribution in [2.45, 2.75) is 37.5 Å². The number of anilines is 1. The summed E-state index contributed by atoms with van der Waals surface area (Å²) in [6.45, 7) is 0.258. The number of rotatable bonds is 6. The van der Waals surface area contributed by atoms with Gasteiger partial charge in [0.1, 0.15) is 12.4 Å². The van der Waals surface area contributed by atoms with Crippen LogP contribution in [0.25, 0.3) is 0 Å². The van der Waals surface area contributed by atoms with Crippen LogP contribution in [0, 0.1) is 0 Å². The van der Waals surface area contributed by atoms with E-state index < -0.39 is 12.1 Å². The van der Waals surface area contributed by atoms with Gasteiger partial charge < -0.3 is 20.7 Å². The number of amides is 2. The van der Waals surface area contributed by atoms with E-state index in [1.54, 1.807) is 23.4 Å². The lowest BCUT2D eigenvalue weighted by molar-refractivity contribution is -0.165. The smallest absolute Gasteiger partial charge is 0.251 e. The number of carbonyl (C=O) groups is 2. The molecule has 2 atom stereocenters. The molecule has 1 aliphatic heterocycles. The van der Waals surface area contributed by atoms with Gasteiger partial charge in [0.2, 0.25) is 11.9 Å². The Morgan fingerprint density at radius 3 is 2.96 bits per heavy atom. The van der Waals surface area contributed by atoms with E-state index in [2.05, 4.69) is 25.5 Å². The molecule has 2 aliphatic rings. The number of nitrogens with two attached hydrogens (primary N) is 1. The van der Waals surface area contributed by atoms with Crippen LogP contribution in [0.3, 0.4) is 0 Å². The summed E-state index contributed by atoms with van der Waals surface area (Å²) in [7, 11) is 0. The number of hydrogen-bond donors (Lipinski definition) is 3. The number of aromatic amines is 1. The maximum atomic E-state index is 12.8. The van der Waals surface area contributed by atoms with Crippen LogP contribution in [0.1, 0.15) is 30.3 Å². The van der Waals surface area contributed by atoms with E-state index in [1.165, 1.54) is 0 Å². The van der Waals surface area contributed by atoms with Gasteiger partial charge in [-0.15, -0.1) is 5.10 Å². The van der Waals surface area contributed by atoms with Crippen molar-refractivity contribution in [3.63, 3.8) is 0 Å². The molecule has 0 spiro atoms. The fourth-order valence-corrected chi connectivity index (χ4v) is 3.34. The van der Waals surface area contributed by atoms with Crippen LogP contribution in [0.5, 0.6) is 0 Å². The van der Waals surface area contributed by atoms with Gasteiger partial charge in [-0.1, -0.05) is 6.07 Å². The fourth-order valence-electron chi connectivity index (χ4n) is 3.34. The minimum atomic E-state index is -0.785. The molecule has 1 saturated heterocycles. The number of nitrogens with one attached hydrogen (secondary N) is 2. The van der Waals surface area contributed by atoms with Crippen molar-refractivity contribution in [1.82, 2.24) is 30.4 Å². The van der Waals surface area contributed by atoms with Crippen LogP contribution >= 0.6 is 0 Å². The third-order valence-corrected chi connectivity index (χ3v) is 4.70. The molecule has 2 aromatic rings. The molecule has 4 N–H and O–H groups in total.